The summed E-state index contributed by atoms with van der Waals surface area (Å²) in [6.07, 6.45) is 10.4. The molecule has 2 aromatic heterocycles. The lowest BCUT2D eigenvalue weighted by Crippen LogP contribution is -2.39. The molecular weight excluding hydrogens is 390 g/mol. The van der Waals surface area contributed by atoms with Crippen molar-refractivity contribution in [3.63, 3.8) is 0 Å². The van der Waals surface area contributed by atoms with Crippen LogP contribution in [0.5, 0.6) is 0 Å². The molecular formula is C24H23N5O2. The van der Waals surface area contributed by atoms with Crippen molar-refractivity contribution in [3.8, 4) is 5.69 Å². The van der Waals surface area contributed by atoms with E-state index in [-0.39, 0.29) is 17.6 Å². The molecule has 7 heteroatoms. The maximum atomic E-state index is 12.6. The lowest BCUT2D eigenvalue weighted by atomic mass is 10.0. The van der Waals surface area contributed by atoms with Gasteiger partial charge in [-0.1, -0.05) is 24.3 Å². The summed E-state index contributed by atoms with van der Waals surface area (Å²) < 4.78 is 3.77. The van der Waals surface area contributed by atoms with Gasteiger partial charge in [-0.15, -0.1) is 0 Å². The number of fused-ring (bicyclic) bond motifs is 1. The van der Waals surface area contributed by atoms with E-state index >= 15 is 0 Å². The Bertz CT molecular complexity index is 1270. The van der Waals surface area contributed by atoms with Gasteiger partial charge in [-0.05, 0) is 48.7 Å². The summed E-state index contributed by atoms with van der Waals surface area (Å²) in [5.41, 5.74) is 3.70. The van der Waals surface area contributed by atoms with Crippen LogP contribution in [0.1, 0.15) is 24.4 Å². The van der Waals surface area contributed by atoms with Gasteiger partial charge < -0.3 is 14.5 Å². The Morgan fingerprint density at radius 1 is 1.06 bits per heavy atom. The van der Waals surface area contributed by atoms with Crippen LogP contribution in [0.4, 0.5) is 0 Å². The van der Waals surface area contributed by atoms with Crippen molar-refractivity contribution < 1.29 is 4.79 Å². The van der Waals surface area contributed by atoms with Gasteiger partial charge in [-0.3, -0.25) is 9.36 Å². The topological polar surface area (TPSA) is 75.9 Å². The second-order valence-electron chi connectivity index (χ2n) is 7.77. The number of nitrogens with one attached hydrogen (secondary N) is 1. The molecule has 0 spiro atoms. The minimum atomic E-state index is -0.0787. The Kier molecular flexibility index (Phi) is 5.00. The Morgan fingerprint density at radius 2 is 1.84 bits per heavy atom. The predicted molar refractivity (Wildman–Crippen MR) is 120 cm³/mol. The summed E-state index contributed by atoms with van der Waals surface area (Å²) in [6, 6.07) is 15.8. The summed E-state index contributed by atoms with van der Waals surface area (Å²) in [5.74, 6) is 0.00316. The zero-order valence-corrected chi connectivity index (χ0v) is 17.0. The molecule has 4 aromatic rings. The van der Waals surface area contributed by atoms with Gasteiger partial charge in [0.1, 0.15) is 0 Å². The molecule has 0 atom stereocenters. The number of H-pyrrole nitrogens is 1. The molecule has 1 aliphatic heterocycles. The summed E-state index contributed by atoms with van der Waals surface area (Å²) in [4.78, 5) is 33.9. The van der Waals surface area contributed by atoms with Crippen molar-refractivity contribution in [3.05, 3.63) is 89.4 Å². The van der Waals surface area contributed by atoms with E-state index < -0.39 is 0 Å². The average Bonchev–Trinajstić information content (AvgIpc) is 3.45. The number of piperidine rings is 1. The molecule has 0 bridgehead atoms. The number of nitrogens with zero attached hydrogens (tertiary/aromatic N) is 4. The molecule has 31 heavy (non-hydrogen) atoms. The lowest BCUT2D eigenvalue weighted by molar-refractivity contribution is -0.127. The van der Waals surface area contributed by atoms with Crippen molar-refractivity contribution in [2.24, 2.45) is 0 Å². The van der Waals surface area contributed by atoms with E-state index in [1.807, 2.05) is 74.8 Å². The van der Waals surface area contributed by atoms with Crippen LogP contribution < -0.4 is 5.69 Å². The minimum absolute atomic E-state index is 0.00316. The van der Waals surface area contributed by atoms with Crippen molar-refractivity contribution in [2.45, 2.75) is 18.9 Å². The van der Waals surface area contributed by atoms with Crippen LogP contribution in [-0.4, -0.2) is 43.0 Å². The number of benzene rings is 2. The van der Waals surface area contributed by atoms with Gasteiger partial charge in [0.2, 0.25) is 5.91 Å². The highest BCUT2D eigenvalue weighted by Crippen LogP contribution is 2.25. The first kappa shape index (κ1) is 19.1. The van der Waals surface area contributed by atoms with Crippen LogP contribution in [0.25, 0.3) is 22.8 Å². The van der Waals surface area contributed by atoms with E-state index in [1.165, 1.54) is 0 Å². The maximum Gasteiger partial charge on any atom is 0.326 e. The quantitative estimate of drug-likeness (QED) is 0.521. The van der Waals surface area contributed by atoms with Crippen molar-refractivity contribution >= 4 is 23.0 Å². The van der Waals surface area contributed by atoms with Gasteiger partial charge in [-0.25, -0.2) is 9.78 Å². The molecule has 1 N–H and O–H groups in total. The van der Waals surface area contributed by atoms with Crippen molar-refractivity contribution in [1.82, 2.24) is 24.0 Å². The summed E-state index contributed by atoms with van der Waals surface area (Å²) in [7, 11) is 0. The predicted octanol–water partition coefficient (Wildman–Crippen LogP) is 3.39. The molecule has 7 nitrogen and oxygen atoms in total. The fraction of sp³-hybridized carbons (Fsp3) is 0.208. The zero-order chi connectivity index (χ0) is 21.2. The van der Waals surface area contributed by atoms with Gasteiger partial charge >= 0.3 is 5.69 Å². The Morgan fingerprint density at radius 3 is 2.58 bits per heavy atom. The molecule has 0 aliphatic carbocycles. The third-order valence-corrected chi connectivity index (χ3v) is 5.88. The van der Waals surface area contributed by atoms with Gasteiger partial charge in [0.15, 0.2) is 0 Å². The molecule has 1 aliphatic rings. The number of imidazole rings is 2. The van der Waals surface area contributed by atoms with E-state index in [0.717, 1.165) is 35.1 Å². The largest absolute Gasteiger partial charge is 0.339 e. The molecule has 156 valence electrons. The number of aromatic amines is 1. The third-order valence-electron chi connectivity index (χ3n) is 5.88. The molecule has 3 heterocycles. The Labute approximate surface area is 179 Å². The Balaban J connectivity index is 1.22. The Hall–Kier alpha value is -3.87. The number of likely N-dealkylation sites (tertiary alicyclic amines) is 1. The highest BCUT2D eigenvalue weighted by molar-refractivity contribution is 5.91. The van der Waals surface area contributed by atoms with E-state index in [2.05, 4.69) is 9.97 Å². The number of rotatable bonds is 4. The van der Waals surface area contributed by atoms with E-state index in [4.69, 9.17) is 0 Å². The first-order valence-electron chi connectivity index (χ1n) is 10.4. The van der Waals surface area contributed by atoms with Gasteiger partial charge in [0.25, 0.3) is 0 Å². The van der Waals surface area contributed by atoms with Crippen LogP contribution >= 0.6 is 0 Å². The van der Waals surface area contributed by atoms with Crippen molar-refractivity contribution in [2.75, 3.05) is 13.1 Å². The molecule has 2 aromatic carbocycles. The number of carbonyl (C=O) groups excluding carboxylic acids is 1. The minimum Gasteiger partial charge on any atom is -0.339 e. The van der Waals surface area contributed by atoms with E-state index in [1.54, 1.807) is 18.6 Å². The first-order valence-corrected chi connectivity index (χ1v) is 10.4. The van der Waals surface area contributed by atoms with E-state index in [9.17, 15) is 9.59 Å². The van der Waals surface area contributed by atoms with Gasteiger partial charge in [-0.2, -0.15) is 0 Å². The van der Waals surface area contributed by atoms with Gasteiger partial charge in [0, 0.05) is 43.3 Å². The fourth-order valence-corrected chi connectivity index (χ4v) is 4.22. The molecule has 1 saturated heterocycles. The van der Waals surface area contributed by atoms with Crippen LogP contribution in [-0.2, 0) is 4.79 Å². The lowest BCUT2D eigenvalue weighted by Gasteiger charge is -2.32. The standard InChI is InChI=1S/C24H23N5O2/c30-23(10-7-18-5-8-19(9-6-18)28-16-13-25-17-28)27-14-11-20(12-15-27)29-22-4-2-1-3-21(22)26-24(29)31/h1-10,13,16-17,20H,11-12,14-15H2,(H,26,31)/b10-7+. The fourth-order valence-electron chi connectivity index (χ4n) is 4.22. The molecule has 5 rings (SSSR count). The van der Waals surface area contributed by atoms with Crippen molar-refractivity contribution in [1.29, 1.82) is 0 Å². The second-order valence-corrected chi connectivity index (χ2v) is 7.77. The van der Waals surface area contributed by atoms with Gasteiger partial charge in [0.05, 0.1) is 17.4 Å². The second kappa shape index (κ2) is 8.10. The monoisotopic (exact) mass is 413 g/mol. The van der Waals surface area contributed by atoms with Crippen LogP contribution in [0.3, 0.4) is 0 Å². The highest BCUT2D eigenvalue weighted by Gasteiger charge is 2.25. The van der Waals surface area contributed by atoms with Crippen LogP contribution in [0.2, 0.25) is 0 Å². The molecule has 1 fully saturated rings. The maximum absolute atomic E-state index is 12.6. The number of hydrogen-bond donors (Lipinski definition) is 1. The third kappa shape index (κ3) is 3.82. The molecule has 0 saturated carbocycles. The van der Waals surface area contributed by atoms with Crippen LogP contribution in [0, 0.1) is 0 Å². The molecule has 1 amide bonds. The average molecular weight is 413 g/mol. The normalized spacial score (nSPS) is 15.2. The molecule has 0 radical (unpaired) electrons. The summed E-state index contributed by atoms with van der Waals surface area (Å²) in [5, 5.41) is 0. The number of amides is 1. The number of para-hydroxylation sites is 2. The van der Waals surface area contributed by atoms with E-state index in [0.29, 0.717) is 13.1 Å². The smallest absolute Gasteiger partial charge is 0.326 e. The number of aromatic nitrogens is 4. The SMILES string of the molecule is O=C(/C=C/c1ccc(-n2ccnc2)cc1)N1CCC(n2c(=O)[nH]c3ccccc32)CC1. The number of hydrogen-bond acceptors (Lipinski definition) is 3. The van der Waals surface area contributed by atoms with Crippen LogP contribution in [0.15, 0.2) is 78.1 Å². The summed E-state index contributed by atoms with van der Waals surface area (Å²) in [6.45, 7) is 1.28. The number of carbonyl (C=O) groups is 1. The zero-order valence-electron chi connectivity index (χ0n) is 17.0. The first-order chi connectivity index (χ1) is 15.2. The highest BCUT2D eigenvalue weighted by atomic mass is 16.2. The molecule has 0 unspecified atom stereocenters. The summed E-state index contributed by atoms with van der Waals surface area (Å²) >= 11 is 0.